The number of rotatable bonds is 2. The Morgan fingerprint density at radius 2 is 1.62 bits per heavy atom. The fourth-order valence-electron chi connectivity index (χ4n) is 2.41. The Balaban J connectivity index is 2.18. The summed E-state index contributed by atoms with van der Waals surface area (Å²) >= 11 is 9.55. The topological polar surface area (TPSA) is 20.2 Å². The number of hydrogen-bond acceptors (Lipinski definition) is 1. The van der Waals surface area contributed by atoms with Crippen LogP contribution in [0.3, 0.4) is 0 Å². The fourth-order valence-corrected chi connectivity index (χ4v) is 3.16. The molecule has 0 aliphatic heterocycles. The second-order valence-corrected chi connectivity index (χ2v) is 6.01. The number of fused-ring (bicyclic) bond motifs is 1. The molecule has 0 radical (unpaired) electrons. The van der Waals surface area contributed by atoms with Crippen LogP contribution < -0.4 is 0 Å². The van der Waals surface area contributed by atoms with Crippen molar-refractivity contribution >= 4 is 38.3 Å². The highest BCUT2D eigenvalue weighted by Gasteiger charge is 2.17. The zero-order chi connectivity index (χ0) is 15.0. The van der Waals surface area contributed by atoms with Gasteiger partial charge in [0.25, 0.3) is 0 Å². The van der Waals surface area contributed by atoms with E-state index in [4.69, 9.17) is 11.6 Å². The molecule has 0 bridgehead atoms. The highest BCUT2D eigenvalue weighted by molar-refractivity contribution is 9.10. The first-order valence-corrected chi connectivity index (χ1v) is 7.55. The van der Waals surface area contributed by atoms with Gasteiger partial charge in [0, 0.05) is 15.1 Å². The van der Waals surface area contributed by atoms with Crippen LogP contribution in [-0.2, 0) is 0 Å². The maximum absolute atomic E-state index is 13.1. The van der Waals surface area contributed by atoms with Crippen LogP contribution in [0.25, 0.3) is 10.8 Å². The number of halogens is 3. The third-order valence-corrected chi connectivity index (χ3v) is 4.48. The van der Waals surface area contributed by atoms with E-state index in [1.54, 1.807) is 0 Å². The molecule has 0 aliphatic rings. The van der Waals surface area contributed by atoms with E-state index in [1.165, 1.54) is 18.2 Å². The Hall–Kier alpha value is -1.42. The summed E-state index contributed by atoms with van der Waals surface area (Å²) in [6, 6.07) is 15.5. The van der Waals surface area contributed by atoms with Gasteiger partial charge in [-0.2, -0.15) is 0 Å². The van der Waals surface area contributed by atoms with Gasteiger partial charge in [0.05, 0.1) is 0 Å². The third kappa shape index (κ3) is 2.69. The lowest BCUT2D eigenvalue weighted by molar-refractivity contribution is 0.222. The second-order valence-electron chi connectivity index (χ2n) is 4.75. The van der Waals surface area contributed by atoms with Crippen molar-refractivity contribution in [3.8, 4) is 0 Å². The van der Waals surface area contributed by atoms with E-state index in [0.29, 0.717) is 5.56 Å². The van der Waals surface area contributed by atoms with Gasteiger partial charge < -0.3 is 5.11 Å². The molecule has 0 heterocycles. The lowest BCUT2D eigenvalue weighted by atomic mass is 9.96. The highest BCUT2D eigenvalue weighted by Crippen LogP contribution is 2.35. The van der Waals surface area contributed by atoms with Gasteiger partial charge in [-0.1, -0.05) is 63.9 Å². The van der Waals surface area contributed by atoms with Gasteiger partial charge in [0.15, 0.2) is 0 Å². The molecule has 1 nitrogen and oxygen atoms in total. The van der Waals surface area contributed by atoms with E-state index in [2.05, 4.69) is 15.9 Å². The van der Waals surface area contributed by atoms with Crippen LogP contribution in [0.4, 0.5) is 4.39 Å². The molecule has 0 fully saturated rings. The zero-order valence-electron chi connectivity index (χ0n) is 10.9. The van der Waals surface area contributed by atoms with Gasteiger partial charge in [0.2, 0.25) is 0 Å². The van der Waals surface area contributed by atoms with Gasteiger partial charge in [0.1, 0.15) is 11.9 Å². The molecule has 0 saturated heterocycles. The molecule has 1 unspecified atom stereocenters. The van der Waals surface area contributed by atoms with Crippen LogP contribution >= 0.6 is 27.5 Å². The number of hydrogen-bond donors (Lipinski definition) is 1. The minimum atomic E-state index is -0.906. The molecule has 0 amide bonds. The summed E-state index contributed by atoms with van der Waals surface area (Å²) in [5.41, 5.74) is 1.23. The monoisotopic (exact) mass is 364 g/mol. The molecule has 0 aliphatic carbocycles. The molecule has 21 heavy (non-hydrogen) atoms. The minimum absolute atomic E-state index is 0.217. The average molecular weight is 366 g/mol. The van der Waals surface area contributed by atoms with Crippen LogP contribution in [0, 0.1) is 5.82 Å². The molecule has 4 heteroatoms. The molecular weight excluding hydrogens is 355 g/mol. The van der Waals surface area contributed by atoms with E-state index in [0.717, 1.165) is 20.8 Å². The van der Waals surface area contributed by atoms with Gasteiger partial charge in [-0.05, 0) is 34.5 Å². The average Bonchev–Trinajstić information content (AvgIpc) is 2.47. The predicted molar refractivity (Wildman–Crippen MR) is 87.1 cm³/mol. The van der Waals surface area contributed by atoms with Gasteiger partial charge >= 0.3 is 0 Å². The number of benzene rings is 3. The lowest BCUT2D eigenvalue weighted by Crippen LogP contribution is -2.02. The quantitative estimate of drug-likeness (QED) is 0.638. The van der Waals surface area contributed by atoms with Crippen LogP contribution in [0.15, 0.2) is 59.1 Å². The second kappa shape index (κ2) is 5.76. The van der Waals surface area contributed by atoms with E-state index in [9.17, 15) is 9.50 Å². The van der Waals surface area contributed by atoms with E-state index >= 15 is 0 Å². The maximum atomic E-state index is 13.1. The summed E-state index contributed by atoms with van der Waals surface area (Å²) in [4.78, 5) is 0. The van der Waals surface area contributed by atoms with Crippen molar-refractivity contribution in [2.24, 2.45) is 0 Å². The van der Waals surface area contributed by atoms with Crippen molar-refractivity contribution in [2.45, 2.75) is 6.10 Å². The summed E-state index contributed by atoms with van der Waals surface area (Å²) in [7, 11) is 0. The highest BCUT2D eigenvalue weighted by atomic mass is 79.9. The Morgan fingerprint density at radius 1 is 0.952 bits per heavy atom. The SMILES string of the molecule is OC(c1ccc(F)cc1Cl)c1ccc(Br)c2ccccc12. The van der Waals surface area contributed by atoms with Crippen molar-refractivity contribution in [1.29, 1.82) is 0 Å². The lowest BCUT2D eigenvalue weighted by Gasteiger charge is -2.16. The molecule has 3 rings (SSSR count). The Labute approximate surface area is 135 Å². The standard InChI is InChI=1S/C17H11BrClFO/c18-15-8-7-13(11-3-1-2-4-12(11)15)17(21)14-6-5-10(20)9-16(14)19/h1-9,17,21H. The van der Waals surface area contributed by atoms with Crippen molar-refractivity contribution < 1.29 is 9.50 Å². The van der Waals surface area contributed by atoms with Crippen molar-refractivity contribution in [1.82, 2.24) is 0 Å². The van der Waals surface area contributed by atoms with Gasteiger partial charge in [-0.3, -0.25) is 0 Å². The Morgan fingerprint density at radius 3 is 2.33 bits per heavy atom. The van der Waals surface area contributed by atoms with Crippen molar-refractivity contribution in [3.63, 3.8) is 0 Å². The molecule has 1 atom stereocenters. The fraction of sp³-hybridized carbons (Fsp3) is 0.0588. The van der Waals surface area contributed by atoms with Gasteiger partial charge in [-0.15, -0.1) is 0 Å². The van der Waals surface area contributed by atoms with E-state index < -0.39 is 11.9 Å². The largest absolute Gasteiger partial charge is 0.384 e. The molecule has 106 valence electrons. The minimum Gasteiger partial charge on any atom is -0.384 e. The summed E-state index contributed by atoms with van der Waals surface area (Å²) in [6.07, 6.45) is -0.906. The molecule has 0 aromatic heterocycles. The first-order chi connectivity index (χ1) is 10.1. The molecule has 0 saturated carbocycles. The van der Waals surface area contributed by atoms with Crippen LogP contribution in [0.5, 0.6) is 0 Å². The number of aliphatic hydroxyl groups excluding tert-OH is 1. The van der Waals surface area contributed by atoms with Crippen molar-refractivity contribution in [2.75, 3.05) is 0 Å². The Bertz CT molecular complexity index is 819. The van der Waals surface area contributed by atoms with Crippen molar-refractivity contribution in [3.05, 3.63) is 81.0 Å². The smallest absolute Gasteiger partial charge is 0.124 e. The number of aliphatic hydroxyl groups is 1. The normalized spacial score (nSPS) is 12.6. The summed E-state index contributed by atoms with van der Waals surface area (Å²) in [5, 5.41) is 12.8. The zero-order valence-corrected chi connectivity index (χ0v) is 13.2. The summed E-state index contributed by atoms with van der Waals surface area (Å²) in [5.74, 6) is -0.420. The molecule has 3 aromatic carbocycles. The van der Waals surface area contributed by atoms with Crippen LogP contribution in [0.1, 0.15) is 17.2 Å². The molecule has 1 N–H and O–H groups in total. The first-order valence-electron chi connectivity index (χ1n) is 6.38. The summed E-state index contributed by atoms with van der Waals surface area (Å²) in [6.45, 7) is 0. The van der Waals surface area contributed by atoms with Gasteiger partial charge in [-0.25, -0.2) is 4.39 Å². The van der Waals surface area contributed by atoms with E-state index in [1.807, 2.05) is 36.4 Å². The third-order valence-electron chi connectivity index (χ3n) is 3.46. The molecule has 0 spiro atoms. The maximum Gasteiger partial charge on any atom is 0.124 e. The molecular formula is C17H11BrClFO. The molecule has 3 aromatic rings. The van der Waals surface area contributed by atoms with E-state index in [-0.39, 0.29) is 5.02 Å². The van der Waals surface area contributed by atoms with Crippen LogP contribution in [0.2, 0.25) is 5.02 Å². The van der Waals surface area contributed by atoms with Crippen LogP contribution in [-0.4, -0.2) is 5.11 Å². The summed E-state index contributed by atoms with van der Waals surface area (Å²) < 4.78 is 14.1. The first kappa shape index (κ1) is 14.5. The predicted octanol–water partition coefficient (Wildman–Crippen LogP) is 5.48. The Kier molecular flexibility index (Phi) is 3.98.